The van der Waals surface area contributed by atoms with Gasteiger partial charge in [0.1, 0.15) is 0 Å². The molecule has 0 aliphatic carbocycles. The van der Waals surface area contributed by atoms with Gasteiger partial charge in [0.25, 0.3) is 0 Å². The van der Waals surface area contributed by atoms with Gasteiger partial charge < -0.3 is 18.9 Å². The lowest BCUT2D eigenvalue weighted by atomic mass is 10.0. The molecule has 5 nitrogen and oxygen atoms in total. The second kappa shape index (κ2) is 7.47. The van der Waals surface area contributed by atoms with E-state index in [4.69, 9.17) is 18.9 Å². The lowest BCUT2D eigenvalue weighted by Crippen LogP contribution is -2.40. The Morgan fingerprint density at radius 3 is 2.42 bits per heavy atom. The van der Waals surface area contributed by atoms with Crippen LogP contribution in [0.2, 0.25) is 0 Å². The average Bonchev–Trinajstić information content (AvgIpc) is 2.59. The number of aromatic nitrogens is 1. The molecule has 24 heavy (non-hydrogen) atoms. The van der Waals surface area contributed by atoms with Gasteiger partial charge in [-0.1, -0.05) is 12.1 Å². The third-order valence-electron chi connectivity index (χ3n) is 3.85. The van der Waals surface area contributed by atoms with Crippen LogP contribution in [0.25, 0.3) is 6.08 Å². The van der Waals surface area contributed by atoms with Crippen molar-refractivity contribution in [3.63, 3.8) is 0 Å². The summed E-state index contributed by atoms with van der Waals surface area (Å²) in [6.07, 6.45) is 5.83. The van der Waals surface area contributed by atoms with Gasteiger partial charge in [0.15, 0.2) is 24.1 Å². The summed E-state index contributed by atoms with van der Waals surface area (Å²) < 4.78 is 22.0. The Hall–Kier alpha value is -2.37. The van der Waals surface area contributed by atoms with Crippen LogP contribution in [0.5, 0.6) is 11.5 Å². The summed E-state index contributed by atoms with van der Waals surface area (Å²) in [5.74, 6) is 1.42. The van der Waals surface area contributed by atoms with Crippen molar-refractivity contribution in [3.05, 3.63) is 59.4 Å². The van der Waals surface area contributed by atoms with E-state index in [0.29, 0.717) is 17.9 Å². The van der Waals surface area contributed by atoms with Crippen molar-refractivity contribution in [3.8, 4) is 11.5 Å². The monoisotopic (exact) mass is 327 g/mol. The van der Waals surface area contributed by atoms with Crippen molar-refractivity contribution < 1.29 is 18.9 Å². The second-order valence-electron chi connectivity index (χ2n) is 5.54. The van der Waals surface area contributed by atoms with Crippen molar-refractivity contribution in [2.24, 2.45) is 0 Å². The minimum Gasteiger partial charge on any atom is -0.493 e. The van der Waals surface area contributed by atoms with Crippen molar-refractivity contribution >= 4 is 6.08 Å². The zero-order valence-corrected chi connectivity index (χ0v) is 14.1. The fourth-order valence-corrected chi connectivity index (χ4v) is 2.64. The summed E-state index contributed by atoms with van der Waals surface area (Å²) >= 11 is 0. The molecule has 3 rings (SSSR count). The summed E-state index contributed by atoms with van der Waals surface area (Å²) in [5, 5.41) is 0. The number of benzene rings is 1. The maximum absolute atomic E-state index is 5.69. The summed E-state index contributed by atoms with van der Waals surface area (Å²) in [4.78, 5) is 4.05. The highest BCUT2D eigenvalue weighted by atomic mass is 16.9. The molecular formula is C19H21NO4. The summed E-state index contributed by atoms with van der Waals surface area (Å²) in [7, 11) is 3.26. The van der Waals surface area contributed by atoms with Gasteiger partial charge in [0.2, 0.25) is 0 Å². The number of ether oxygens (including phenoxy) is 4. The molecule has 2 aromatic rings. The van der Waals surface area contributed by atoms with E-state index in [1.165, 1.54) is 0 Å². The Morgan fingerprint density at radius 2 is 1.79 bits per heavy atom. The minimum atomic E-state index is -0.318. The minimum absolute atomic E-state index is 0.166. The quantitative estimate of drug-likeness (QED) is 0.813. The van der Waals surface area contributed by atoms with Crippen LogP contribution in [-0.2, 0) is 15.9 Å². The Balaban J connectivity index is 1.85. The molecular weight excluding hydrogens is 306 g/mol. The molecule has 0 saturated carbocycles. The van der Waals surface area contributed by atoms with E-state index in [1.807, 2.05) is 37.3 Å². The Morgan fingerprint density at radius 1 is 1.08 bits per heavy atom. The molecule has 1 aliphatic rings. The average molecular weight is 327 g/mol. The third-order valence-corrected chi connectivity index (χ3v) is 3.85. The maximum Gasteiger partial charge on any atom is 0.186 e. The van der Waals surface area contributed by atoms with E-state index in [2.05, 4.69) is 11.1 Å². The van der Waals surface area contributed by atoms with Gasteiger partial charge in [-0.15, -0.1) is 0 Å². The van der Waals surface area contributed by atoms with Gasteiger partial charge in [0.05, 0.1) is 14.2 Å². The molecule has 0 bridgehead atoms. The van der Waals surface area contributed by atoms with Crippen LogP contribution in [0.15, 0.2) is 48.3 Å². The van der Waals surface area contributed by atoms with Gasteiger partial charge in [-0.05, 0) is 54.3 Å². The van der Waals surface area contributed by atoms with Gasteiger partial charge in [0, 0.05) is 12.4 Å². The standard InChI is InChI=1S/C19H21NO4/c1-13-23-19(24-13)16(10-14-6-8-20-9-7-14)11-15-4-5-17(21-2)18(12-15)22-3/h4-10,12-13,19H,11H2,1-3H3/b16-10+. The van der Waals surface area contributed by atoms with Crippen molar-refractivity contribution in [2.45, 2.75) is 25.9 Å². The van der Waals surface area contributed by atoms with E-state index in [0.717, 1.165) is 16.7 Å². The van der Waals surface area contributed by atoms with Gasteiger partial charge >= 0.3 is 0 Å². The molecule has 126 valence electrons. The fraction of sp³-hybridized carbons (Fsp3) is 0.316. The molecule has 1 fully saturated rings. The van der Waals surface area contributed by atoms with Crippen LogP contribution in [0.4, 0.5) is 0 Å². The Kier molecular flexibility index (Phi) is 5.13. The fourth-order valence-electron chi connectivity index (χ4n) is 2.64. The highest BCUT2D eigenvalue weighted by Crippen LogP contribution is 2.31. The summed E-state index contributed by atoms with van der Waals surface area (Å²) in [6, 6.07) is 9.81. The highest BCUT2D eigenvalue weighted by Gasteiger charge is 2.30. The first-order chi connectivity index (χ1) is 11.7. The molecule has 1 aromatic carbocycles. The smallest absolute Gasteiger partial charge is 0.186 e. The highest BCUT2D eigenvalue weighted by molar-refractivity contribution is 5.54. The molecule has 0 N–H and O–H groups in total. The van der Waals surface area contributed by atoms with Crippen LogP contribution in [0, 0.1) is 0 Å². The first-order valence-electron chi connectivity index (χ1n) is 7.82. The maximum atomic E-state index is 5.69. The van der Waals surface area contributed by atoms with Gasteiger partial charge in [-0.3, -0.25) is 4.98 Å². The van der Waals surface area contributed by atoms with Gasteiger partial charge in [-0.25, -0.2) is 0 Å². The lowest BCUT2D eigenvalue weighted by molar-refractivity contribution is -0.359. The van der Waals surface area contributed by atoms with Crippen molar-refractivity contribution in [2.75, 3.05) is 14.2 Å². The number of nitrogens with zero attached hydrogens (tertiary/aromatic N) is 1. The summed E-state index contributed by atoms with van der Waals surface area (Å²) in [5.41, 5.74) is 3.21. The van der Waals surface area contributed by atoms with Crippen LogP contribution in [0.1, 0.15) is 18.1 Å². The molecule has 1 aromatic heterocycles. The topological polar surface area (TPSA) is 49.8 Å². The SMILES string of the molecule is COc1ccc(C/C(=C\c2ccncc2)C2OC(C)O2)cc1OC. The molecule has 0 amide bonds. The van der Waals surface area contributed by atoms with E-state index >= 15 is 0 Å². The first-order valence-corrected chi connectivity index (χ1v) is 7.82. The van der Waals surface area contributed by atoms with Crippen molar-refractivity contribution in [1.82, 2.24) is 4.98 Å². The van der Waals surface area contributed by atoms with E-state index in [9.17, 15) is 0 Å². The van der Waals surface area contributed by atoms with E-state index in [-0.39, 0.29) is 12.6 Å². The predicted octanol–water partition coefficient (Wildman–Crippen LogP) is 3.44. The molecule has 1 aliphatic heterocycles. The van der Waals surface area contributed by atoms with Crippen molar-refractivity contribution in [1.29, 1.82) is 0 Å². The molecule has 1 saturated heterocycles. The van der Waals surface area contributed by atoms with Crippen LogP contribution >= 0.6 is 0 Å². The number of hydrogen-bond donors (Lipinski definition) is 0. The van der Waals surface area contributed by atoms with E-state index < -0.39 is 0 Å². The number of pyridine rings is 1. The molecule has 0 atom stereocenters. The first kappa shape index (κ1) is 16.5. The largest absolute Gasteiger partial charge is 0.493 e. The second-order valence-corrected chi connectivity index (χ2v) is 5.54. The predicted molar refractivity (Wildman–Crippen MR) is 90.9 cm³/mol. The normalized spacial score (nSPS) is 20.4. The number of methoxy groups -OCH3 is 2. The molecule has 0 unspecified atom stereocenters. The van der Waals surface area contributed by atoms with Crippen LogP contribution in [0.3, 0.4) is 0 Å². The molecule has 0 spiro atoms. The van der Waals surface area contributed by atoms with Crippen LogP contribution < -0.4 is 9.47 Å². The van der Waals surface area contributed by atoms with Crippen LogP contribution in [-0.4, -0.2) is 31.8 Å². The summed E-state index contributed by atoms with van der Waals surface area (Å²) in [6.45, 7) is 1.89. The van der Waals surface area contributed by atoms with Gasteiger partial charge in [-0.2, -0.15) is 0 Å². The van der Waals surface area contributed by atoms with E-state index in [1.54, 1.807) is 26.6 Å². The molecule has 0 radical (unpaired) electrons. The number of rotatable bonds is 6. The zero-order valence-electron chi connectivity index (χ0n) is 14.1. The Bertz CT molecular complexity index is 709. The number of hydrogen-bond acceptors (Lipinski definition) is 5. The zero-order chi connectivity index (χ0) is 16.9. The molecule has 5 heteroatoms. The molecule has 2 heterocycles. The lowest BCUT2D eigenvalue weighted by Gasteiger charge is -2.35. The third kappa shape index (κ3) is 3.75. The Labute approximate surface area is 141 Å².